The Labute approximate surface area is 105 Å². The minimum atomic E-state index is 0.303. The van der Waals surface area contributed by atoms with Crippen LogP contribution in [0.5, 0.6) is 0 Å². The number of rotatable bonds is 3. The number of hydrogen-bond donors (Lipinski definition) is 1. The Morgan fingerprint density at radius 1 is 1.18 bits per heavy atom. The Hall–Kier alpha value is -0.570. The second-order valence-electron chi connectivity index (χ2n) is 5.78. The zero-order valence-corrected chi connectivity index (χ0v) is 11.1. The molecule has 2 fully saturated rings. The summed E-state index contributed by atoms with van der Waals surface area (Å²) in [7, 11) is 1.92. The fourth-order valence-electron chi connectivity index (χ4n) is 3.08. The highest BCUT2D eigenvalue weighted by molar-refractivity contribution is 5.76. The van der Waals surface area contributed by atoms with E-state index < -0.39 is 0 Å². The van der Waals surface area contributed by atoms with Crippen LogP contribution >= 0.6 is 0 Å². The molecule has 2 rings (SSSR count). The van der Waals surface area contributed by atoms with Crippen molar-refractivity contribution in [1.82, 2.24) is 10.2 Å². The molecular formula is C14H26N2O. The summed E-state index contributed by atoms with van der Waals surface area (Å²) in [4.78, 5) is 13.3. The van der Waals surface area contributed by atoms with Gasteiger partial charge in [-0.2, -0.15) is 0 Å². The number of carbonyl (C=O) groups is 1. The molecule has 1 atom stereocenters. The number of likely N-dealkylation sites (N-methyl/N-ethyl adjacent to an activating group) is 1. The van der Waals surface area contributed by atoms with Crippen molar-refractivity contribution in [2.45, 2.75) is 57.4 Å². The molecule has 0 radical (unpaired) electrons. The minimum Gasteiger partial charge on any atom is -0.344 e. The average molecular weight is 238 g/mol. The summed E-state index contributed by atoms with van der Waals surface area (Å²) in [6.07, 6.45) is 10.2. The van der Waals surface area contributed by atoms with E-state index in [-0.39, 0.29) is 0 Å². The highest BCUT2D eigenvalue weighted by Gasteiger charge is 2.23. The maximum Gasteiger partial charge on any atom is 0.222 e. The molecule has 2 aliphatic rings. The molecule has 1 unspecified atom stereocenters. The summed E-state index contributed by atoms with van der Waals surface area (Å²) < 4.78 is 0. The van der Waals surface area contributed by atoms with Gasteiger partial charge in [0.05, 0.1) is 0 Å². The van der Waals surface area contributed by atoms with Crippen LogP contribution in [0, 0.1) is 5.92 Å². The third-order valence-electron chi connectivity index (χ3n) is 4.30. The largest absolute Gasteiger partial charge is 0.344 e. The van der Waals surface area contributed by atoms with Gasteiger partial charge in [0.15, 0.2) is 0 Å². The van der Waals surface area contributed by atoms with Crippen LogP contribution in [0.1, 0.15) is 51.4 Å². The molecule has 3 nitrogen and oxygen atoms in total. The molecule has 0 aromatic heterocycles. The number of amides is 1. The van der Waals surface area contributed by atoms with Gasteiger partial charge in [-0.3, -0.25) is 4.79 Å². The number of piperidine rings is 1. The highest BCUT2D eigenvalue weighted by atomic mass is 16.2. The number of likely N-dealkylation sites (tertiary alicyclic amines) is 1. The Balaban J connectivity index is 1.68. The number of hydrogen-bond acceptors (Lipinski definition) is 2. The molecule has 3 heteroatoms. The van der Waals surface area contributed by atoms with Crippen LogP contribution in [-0.4, -0.2) is 37.0 Å². The predicted molar refractivity (Wildman–Crippen MR) is 69.9 cm³/mol. The molecule has 0 aromatic rings. The van der Waals surface area contributed by atoms with E-state index in [4.69, 9.17) is 0 Å². The first-order valence-electron chi connectivity index (χ1n) is 7.23. The van der Waals surface area contributed by atoms with E-state index in [1.54, 1.807) is 0 Å². The molecule has 0 aromatic carbocycles. The Morgan fingerprint density at radius 3 is 2.53 bits per heavy atom. The molecule has 1 N–H and O–H groups in total. The average Bonchev–Trinajstić information content (AvgIpc) is 2.59. The maximum absolute atomic E-state index is 11.4. The van der Waals surface area contributed by atoms with E-state index >= 15 is 0 Å². The normalized spacial score (nSPS) is 28.2. The van der Waals surface area contributed by atoms with Crippen molar-refractivity contribution in [3.8, 4) is 0 Å². The SMILES string of the molecule is CN1CC(NCC2CCCCCC2)CCC1=O. The lowest BCUT2D eigenvalue weighted by Gasteiger charge is -2.31. The van der Waals surface area contributed by atoms with Gasteiger partial charge in [0.25, 0.3) is 0 Å². The van der Waals surface area contributed by atoms with Crippen molar-refractivity contribution in [2.75, 3.05) is 20.1 Å². The highest BCUT2D eigenvalue weighted by Crippen LogP contribution is 2.22. The van der Waals surface area contributed by atoms with Crippen LogP contribution in [0.25, 0.3) is 0 Å². The minimum absolute atomic E-state index is 0.303. The molecule has 1 saturated heterocycles. The van der Waals surface area contributed by atoms with Gasteiger partial charge in [-0.25, -0.2) is 0 Å². The van der Waals surface area contributed by atoms with E-state index in [9.17, 15) is 4.79 Å². The van der Waals surface area contributed by atoms with Crippen LogP contribution in [-0.2, 0) is 4.79 Å². The van der Waals surface area contributed by atoms with Crippen LogP contribution in [0.3, 0.4) is 0 Å². The van der Waals surface area contributed by atoms with Crippen LogP contribution in [0.2, 0.25) is 0 Å². The van der Waals surface area contributed by atoms with E-state index in [0.717, 1.165) is 31.8 Å². The van der Waals surface area contributed by atoms with Crippen LogP contribution < -0.4 is 5.32 Å². The molecule has 1 aliphatic carbocycles. The van der Waals surface area contributed by atoms with Gasteiger partial charge >= 0.3 is 0 Å². The summed E-state index contributed by atoms with van der Waals surface area (Å²) in [5.41, 5.74) is 0. The third-order valence-corrected chi connectivity index (χ3v) is 4.30. The second kappa shape index (κ2) is 6.39. The number of nitrogens with zero attached hydrogens (tertiary/aromatic N) is 1. The van der Waals surface area contributed by atoms with Crippen molar-refractivity contribution < 1.29 is 4.79 Å². The number of carbonyl (C=O) groups excluding carboxylic acids is 1. The second-order valence-corrected chi connectivity index (χ2v) is 5.78. The topological polar surface area (TPSA) is 32.3 Å². The first-order chi connectivity index (χ1) is 8.25. The molecule has 0 bridgehead atoms. The van der Waals surface area contributed by atoms with E-state index in [1.807, 2.05) is 11.9 Å². The molecule has 1 saturated carbocycles. The van der Waals surface area contributed by atoms with Crippen LogP contribution in [0.15, 0.2) is 0 Å². The Morgan fingerprint density at radius 2 is 1.88 bits per heavy atom. The first kappa shape index (κ1) is 12.9. The fourth-order valence-corrected chi connectivity index (χ4v) is 3.08. The standard InChI is InChI=1S/C14H26N2O/c1-16-11-13(8-9-14(16)17)15-10-12-6-4-2-3-5-7-12/h12-13,15H,2-11H2,1H3. The smallest absolute Gasteiger partial charge is 0.222 e. The van der Waals surface area contributed by atoms with Crippen LogP contribution in [0.4, 0.5) is 0 Å². The fraction of sp³-hybridized carbons (Fsp3) is 0.929. The van der Waals surface area contributed by atoms with Gasteiger partial charge in [0.1, 0.15) is 0 Å². The lowest BCUT2D eigenvalue weighted by molar-refractivity contribution is -0.132. The van der Waals surface area contributed by atoms with Gasteiger partial charge in [0.2, 0.25) is 5.91 Å². The Bertz CT molecular complexity index is 247. The molecule has 98 valence electrons. The van der Waals surface area contributed by atoms with Gasteiger partial charge in [0, 0.05) is 26.1 Å². The summed E-state index contributed by atoms with van der Waals surface area (Å²) in [6, 6.07) is 0.529. The van der Waals surface area contributed by atoms with Crippen molar-refractivity contribution >= 4 is 5.91 Å². The first-order valence-corrected chi connectivity index (χ1v) is 7.23. The van der Waals surface area contributed by atoms with E-state index in [0.29, 0.717) is 11.9 Å². The molecule has 1 amide bonds. The summed E-state index contributed by atoms with van der Waals surface area (Å²) >= 11 is 0. The van der Waals surface area contributed by atoms with Crippen molar-refractivity contribution in [1.29, 1.82) is 0 Å². The summed E-state index contributed by atoms with van der Waals surface area (Å²) in [5.74, 6) is 1.18. The number of nitrogens with one attached hydrogen (secondary N) is 1. The van der Waals surface area contributed by atoms with Gasteiger partial charge in [-0.15, -0.1) is 0 Å². The van der Waals surface area contributed by atoms with Crippen molar-refractivity contribution in [3.63, 3.8) is 0 Å². The van der Waals surface area contributed by atoms with Gasteiger partial charge in [-0.05, 0) is 31.7 Å². The van der Waals surface area contributed by atoms with E-state index in [1.165, 1.54) is 38.5 Å². The van der Waals surface area contributed by atoms with Crippen molar-refractivity contribution in [2.24, 2.45) is 5.92 Å². The zero-order valence-electron chi connectivity index (χ0n) is 11.1. The van der Waals surface area contributed by atoms with Gasteiger partial charge < -0.3 is 10.2 Å². The Kier molecular flexibility index (Phi) is 4.84. The predicted octanol–water partition coefficient (Wildman–Crippen LogP) is 2.17. The molecular weight excluding hydrogens is 212 g/mol. The lowest BCUT2D eigenvalue weighted by atomic mass is 9.99. The molecule has 0 spiro atoms. The van der Waals surface area contributed by atoms with Gasteiger partial charge in [-0.1, -0.05) is 25.7 Å². The summed E-state index contributed by atoms with van der Waals surface area (Å²) in [5, 5.41) is 3.68. The molecule has 17 heavy (non-hydrogen) atoms. The molecule has 1 heterocycles. The summed E-state index contributed by atoms with van der Waals surface area (Å²) in [6.45, 7) is 2.05. The molecule has 1 aliphatic heterocycles. The quantitative estimate of drug-likeness (QED) is 0.764. The maximum atomic E-state index is 11.4. The van der Waals surface area contributed by atoms with Crippen molar-refractivity contribution in [3.05, 3.63) is 0 Å². The van der Waals surface area contributed by atoms with E-state index in [2.05, 4.69) is 5.32 Å². The zero-order chi connectivity index (χ0) is 12.1. The monoisotopic (exact) mass is 238 g/mol. The third kappa shape index (κ3) is 3.98. The lowest BCUT2D eigenvalue weighted by Crippen LogP contribution is -2.47.